The summed E-state index contributed by atoms with van der Waals surface area (Å²) in [5.74, 6) is 0. The average Bonchev–Trinajstić information content (AvgIpc) is 1.96. The van der Waals surface area contributed by atoms with Crippen molar-refractivity contribution in [1.82, 2.24) is 0 Å². The number of hydrogen-bond donors (Lipinski definition) is 1. The molecule has 13 heavy (non-hydrogen) atoms. The maximum absolute atomic E-state index is 9.63. The monoisotopic (exact) mass is 198 g/mol. The molecular weight excluding hydrogens is 184 g/mol. The highest BCUT2D eigenvalue weighted by molar-refractivity contribution is 6.32. The third-order valence-electron chi connectivity index (χ3n) is 1.89. The minimum absolute atomic E-state index is 0.591. The number of halogens is 1. The van der Waals surface area contributed by atoms with Crippen molar-refractivity contribution in [2.75, 3.05) is 0 Å². The van der Waals surface area contributed by atoms with Crippen LogP contribution in [0.5, 0.6) is 0 Å². The minimum atomic E-state index is -0.697. The lowest BCUT2D eigenvalue weighted by Crippen LogP contribution is -2.22. The summed E-state index contributed by atoms with van der Waals surface area (Å²) in [6, 6.07) is 5.88. The lowest BCUT2D eigenvalue weighted by molar-refractivity contribution is 0.0810. The van der Waals surface area contributed by atoms with E-state index >= 15 is 0 Å². The molecule has 0 heterocycles. The Kier molecular flexibility index (Phi) is 2.99. The summed E-state index contributed by atoms with van der Waals surface area (Å²) >= 11 is 6.09. The normalized spacial score (nSPS) is 11.8. The largest absolute Gasteiger partial charge is 0.390 e. The van der Waals surface area contributed by atoms with Crippen molar-refractivity contribution in [2.45, 2.75) is 32.8 Å². The zero-order chi connectivity index (χ0) is 10.1. The molecule has 0 saturated carbocycles. The number of rotatable bonds is 2. The number of aliphatic hydroxyl groups is 1. The smallest absolute Gasteiger partial charge is 0.0632 e. The third kappa shape index (κ3) is 3.02. The molecule has 0 unspecified atom stereocenters. The maximum atomic E-state index is 9.63. The van der Waals surface area contributed by atoms with Crippen molar-refractivity contribution < 1.29 is 5.11 Å². The summed E-state index contributed by atoms with van der Waals surface area (Å²) in [6.07, 6.45) is 0.591. The van der Waals surface area contributed by atoms with Gasteiger partial charge in [0, 0.05) is 11.4 Å². The van der Waals surface area contributed by atoms with Gasteiger partial charge < -0.3 is 5.11 Å². The van der Waals surface area contributed by atoms with Gasteiger partial charge in [-0.3, -0.25) is 0 Å². The van der Waals surface area contributed by atoms with E-state index in [1.165, 1.54) is 0 Å². The fourth-order valence-electron chi connectivity index (χ4n) is 1.31. The van der Waals surface area contributed by atoms with E-state index in [1.807, 2.05) is 25.1 Å². The Balaban J connectivity index is 2.96. The van der Waals surface area contributed by atoms with Crippen molar-refractivity contribution in [2.24, 2.45) is 0 Å². The summed E-state index contributed by atoms with van der Waals surface area (Å²) in [5, 5.41) is 10.4. The lowest BCUT2D eigenvalue weighted by Gasteiger charge is -2.18. The molecule has 0 aliphatic heterocycles. The second-order valence-electron chi connectivity index (χ2n) is 4.04. The third-order valence-corrected chi connectivity index (χ3v) is 2.44. The summed E-state index contributed by atoms with van der Waals surface area (Å²) in [5.41, 5.74) is 1.37. The Hall–Kier alpha value is -0.530. The highest BCUT2D eigenvalue weighted by atomic mass is 35.5. The van der Waals surface area contributed by atoms with Crippen LogP contribution in [0.25, 0.3) is 0 Å². The topological polar surface area (TPSA) is 20.2 Å². The molecule has 0 amide bonds. The van der Waals surface area contributed by atoms with Gasteiger partial charge in [-0.05, 0) is 31.9 Å². The molecule has 2 heteroatoms. The van der Waals surface area contributed by atoms with E-state index in [4.69, 9.17) is 11.6 Å². The zero-order valence-corrected chi connectivity index (χ0v) is 9.02. The molecule has 0 radical (unpaired) electrons. The van der Waals surface area contributed by atoms with Crippen molar-refractivity contribution in [3.8, 4) is 0 Å². The first-order valence-corrected chi connectivity index (χ1v) is 4.74. The summed E-state index contributed by atoms with van der Waals surface area (Å²) < 4.78 is 0. The molecule has 1 aromatic rings. The molecule has 0 atom stereocenters. The number of benzene rings is 1. The van der Waals surface area contributed by atoms with Crippen molar-refractivity contribution in [3.63, 3.8) is 0 Å². The molecule has 1 nitrogen and oxygen atoms in total. The standard InChI is InChI=1S/C11H15ClO/c1-8-5-4-6-9(10(8)12)7-11(2,3)13/h4-6,13H,7H2,1-3H3. The van der Waals surface area contributed by atoms with Crippen LogP contribution in [0, 0.1) is 6.92 Å². The second-order valence-corrected chi connectivity index (χ2v) is 4.42. The van der Waals surface area contributed by atoms with Gasteiger partial charge in [0.1, 0.15) is 0 Å². The highest BCUT2D eigenvalue weighted by Gasteiger charge is 2.15. The fourth-order valence-corrected chi connectivity index (χ4v) is 1.50. The van der Waals surface area contributed by atoms with E-state index < -0.39 is 5.60 Å². The molecular formula is C11H15ClO. The molecule has 0 aliphatic carbocycles. The Morgan fingerprint density at radius 2 is 2.00 bits per heavy atom. The van der Waals surface area contributed by atoms with Crippen LogP contribution >= 0.6 is 11.6 Å². The molecule has 1 aromatic carbocycles. The molecule has 72 valence electrons. The predicted molar refractivity (Wildman–Crippen MR) is 56.2 cm³/mol. The second kappa shape index (κ2) is 3.69. The van der Waals surface area contributed by atoms with Gasteiger partial charge in [-0.1, -0.05) is 29.8 Å². The van der Waals surface area contributed by atoms with E-state index in [2.05, 4.69) is 0 Å². The molecule has 0 bridgehead atoms. The van der Waals surface area contributed by atoms with Crippen LogP contribution in [-0.2, 0) is 6.42 Å². The highest BCUT2D eigenvalue weighted by Crippen LogP contribution is 2.23. The van der Waals surface area contributed by atoms with Crippen LogP contribution in [0.3, 0.4) is 0 Å². The minimum Gasteiger partial charge on any atom is -0.390 e. The van der Waals surface area contributed by atoms with Gasteiger partial charge in [0.25, 0.3) is 0 Å². The van der Waals surface area contributed by atoms with Crippen LogP contribution in [0.1, 0.15) is 25.0 Å². The Bertz CT molecular complexity index is 299. The Morgan fingerprint density at radius 3 is 2.54 bits per heavy atom. The van der Waals surface area contributed by atoms with Gasteiger partial charge >= 0.3 is 0 Å². The van der Waals surface area contributed by atoms with Crippen LogP contribution in [0.15, 0.2) is 18.2 Å². The maximum Gasteiger partial charge on any atom is 0.0632 e. The lowest BCUT2D eigenvalue weighted by atomic mass is 9.97. The molecule has 0 aromatic heterocycles. The molecule has 0 fully saturated rings. The first-order chi connectivity index (χ1) is 5.90. The van der Waals surface area contributed by atoms with Crippen molar-refractivity contribution in [3.05, 3.63) is 34.3 Å². The van der Waals surface area contributed by atoms with Gasteiger partial charge in [-0.2, -0.15) is 0 Å². The molecule has 1 rings (SSSR count). The van der Waals surface area contributed by atoms with Gasteiger partial charge in [0.05, 0.1) is 5.60 Å². The SMILES string of the molecule is Cc1cccc(CC(C)(C)O)c1Cl. The van der Waals surface area contributed by atoms with Crippen LogP contribution in [0.4, 0.5) is 0 Å². The van der Waals surface area contributed by atoms with Crippen LogP contribution in [0.2, 0.25) is 5.02 Å². The van der Waals surface area contributed by atoms with Gasteiger partial charge in [0.15, 0.2) is 0 Å². The fraction of sp³-hybridized carbons (Fsp3) is 0.455. The van der Waals surface area contributed by atoms with E-state index in [0.29, 0.717) is 6.42 Å². The summed E-state index contributed by atoms with van der Waals surface area (Å²) in [4.78, 5) is 0. The van der Waals surface area contributed by atoms with E-state index in [0.717, 1.165) is 16.1 Å². The zero-order valence-electron chi connectivity index (χ0n) is 8.26. The summed E-state index contributed by atoms with van der Waals surface area (Å²) in [7, 11) is 0. The van der Waals surface area contributed by atoms with Crippen molar-refractivity contribution >= 4 is 11.6 Å². The summed E-state index contributed by atoms with van der Waals surface area (Å²) in [6.45, 7) is 5.54. The predicted octanol–water partition coefficient (Wildman–Crippen LogP) is 2.96. The van der Waals surface area contributed by atoms with Crippen LogP contribution < -0.4 is 0 Å². The van der Waals surface area contributed by atoms with Crippen molar-refractivity contribution in [1.29, 1.82) is 0 Å². The number of hydrogen-bond acceptors (Lipinski definition) is 1. The number of aryl methyl sites for hydroxylation is 1. The quantitative estimate of drug-likeness (QED) is 0.775. The Morgan fingerprint density at radius 1 is 1.38 bits per heavy atom. The van der Waals surface area contributed by atoms with Crippen LogP contribution in [-0.4, -0.2) is 10.7 Å². The molecule has 0 saturated heterocycles. The van der Waals surface area contributed by atoms with E-state index in [1.54, 1.807) is 13.8 Å². The average molecular weight is 199 g/mol. The van der Waals surface area contributed by atoms with E-state index in [-0.39, 0.29) is 0 Å². The Labute approximate surface area is 84.4 Å². The first kappa shape index (κ1) is 10.6. The first-order valence-electron chi connectivity index (χ1n) is 4.36. The molecule has 0 aliphatic rings. The van der Waals surface area contributed by atoms with Gasteiger partial charge in [-0.25, -0.2) is 0 Å². The van der Waals surface area contributed by atoms with Gasteiger partial charge in [0.2, 0.25) is 0 Å². The van der Waals surface area contributed by atoms with Gasteiger partial charge in [-0.15, -0.1) is 0 Å². The molecule has 1 N–H and O–H groups in total. The van der Waals surface area contributed by atoms with E-state index in [9.17, 15) is 5.11 Å². The molecule has 0 spiro atoms.